The lowest BCUT2D eigenvalue weighted by atomic mass is 10.2. The Hall–Kier alpha value is -0.910. The highest BCUT2D eigenvalue weighted by molar-refractivity contribution is 14.1. The molecule has 4 heteroatoms. The summed E-state index contributed by atoms with van der Waals surface area (Å²) in [5.74, 6) is 0.540. The SMILES string of the molecule is Nc1ncnc2ccc(I)cc12. The van der Waals surface area contributed by atoms with Gasteiger partial charge in [-0.25, -0.2) is 9.97 Å². The molecule has 0 amide bonds. The summed E-state index contributed by atoms with van der Waals surface area (Å²) in [6.07, 6.45) is 1.48. The maximum atomic E-state index is 5.67. The first-order valence-corrected chi connectivity index (χ1v) is 4.51. The van der Waals surface area contributed by atoms with Crippen molar-refractivity contribution < 1.29 is 0 Å². The second kappa shape index (κ2) is 2.85. The number of rotatable bonds is 0. The first-order valence-electron chi connectivity index (χ1n) is 3.43. The van der Waals surface area contributed by atoms with E-state index in [1.807, 2.05) is 18.2 Å². The summed E-state index contributed by atoms with van der Waals surface area (Å²) in [7, 11) is 0. The van der Waals surface area contributed by atoms with Crippen LogP contribution >= 0.6 is 22.6 Å². The molecule has 0 unspecified atom stereocenters. The monoisotopic (exact) mass is 271 g/mol. The Balaban J connectivity index is 2.88. The average molecular weight is 271 g/mol. The number of halogens is 1. The molecule has 1 aromatic carbocycles. The van der Waals surface area contributed by atoms with E-state index in [0.717, 1.165) is 14.5 Å². The standard InChI is InChI=1S/C8H6IN3/c9-5-1-2-7-6(3-5)8(10)12-4-11-7/h1-4H,(H2,10,11,12). The number of anilines is 1. The van der Waals surface area contributed by atoms with Crippen LogP contribution in [0.25, 0.3) is 10.9 Å². The van der Waals surface area contributed by atoms with Crippen molar-refractivity contribution in [2.75, 3.05) is 5.73 Å². The lowest BCUT2D eigenvalue weighted by Gasteiger charge is -1.99. The molecule has 60 valence electrons. The van der Waals surface area contributed by atoms with Crippen LogP contribution in [0.2, 0.25) is 0 Å². The Kier molecular flexibility index (Phi) is 1.84. The first-order chi connectivity index (χ1) is 5.77. The summed E-state index contributed by atoms with van der Waals surface area (Å²) in [5, 5.41) is 0.921. The Bertz CT molecular complexity index is 428. The van der Waals surface area contributed by atoms with E-state index in [1.165, 1.54) is 6.33 Å². The molecule has 0 aliphatic rings. The third kappa shape index (κ3) is 1.22. The average Bonchev–Trinajstić information content (AvgIpc) is 2.07. The molecule has 1 heterocycles. The molecular formula is C8H6IN3. The van der Waals surface area contributed by atoms with E-state index in [1.54, 1.807) is 0 Å². The summed E-state index contributed by atoms with van der Waals surface area (Å²) in [6, 6.07) is 5.91. The summed E-state index contributed by atoms with van der Waals surface area (Å²) < 4.78 is 1.14. The lowest BCUT2D eigenvalue weighted by molar-refractivity contribution is 1.23. The van der Waals surface area contributed by atoms with Crippen LogP contribution in [0.3, 0.4) is 0 Å². The lowest BCUT2D eigenvalue weighted by Crippen LogP contribution is -1.92. The molecule has 2 aromatic rings. The van der Waals surface area contributed by atoms with E-state index in [4.69, 9.17) is 5.73 Å². The second-order valence-electron chi connectivity index (χ2n) is 2.42. The van der Waals surface area contributed by atoms with E-state index in [0.29, 0.717) is 5.82 Å². The third-order valence-corrected chi connectivity index (χ3v) is 2.30. The third-order valence-electron chi connectivity index (χ3n) is 1.63. The second-order valence-corrected chi connectivity index (χ2v) is 3.67. The van der Waals surface area contributed by atoms with E-state index in [2.05, 4.69) is 32.6 Å². The topological polar surface area (TPSA) is 51.8 Å². The number of hydrogen-bond acceptors (Lipinski definition) is 3. The van der Waals surface area contributed by atoms with E-state index < -0.39 is 0 Å². The van der Waals surface area contributed by atoms with Gasteiger partial charge in [0.25, 0.3) is 0 Å². The van der Waals surface area contributed by atoms with Gasteiger partial charge in [-0.05, 0) is 40.8 Å². The molecule has 2 rings (SSSR count). The van der Waals surface area contributed by atoms with Crippen LogP contribution in [0.1, 0.15) is 0 Å². The van der Waals surface area contributed by atoms with Crippen LogP contribution in [0.4, 0.5) is 5.82 Å². The molecule has 0 atom stereocenters. The van der Waals surface area contributed by atoms with Gasteiger partial charge in [0.05, 0.1) is 5.52 Å². The van der Waals surface area contributed by atoms with E-state index in [9.17, 15) is 0 Å². The molecule has 3 nitrogen and oxygen atoms in total. The molecule has 2 N–H and O–H groups in total. The number of fused-ring (bicyclic) bond motifs is 1. The van der Waals surface area contributed by atoms with Crippen LogP contribution in [-0.4, -0.2) is 9.97 Å². The van der Waals surface area contributed by atoms with Crippen molar-refractivity contribution in [1.29, 1.82) is 0 Å². The predicted octanol–water partition coefficient (Wildman–Crippen LogP) is 1.82. The maximum Gasteiger partial charge on any atom is 0.134 e. The van der Waals surface area contributed by atoms with Gasteiger partial charge in [0, 0.05) is 8.96 Å². The van der Waals surface area contributed by atoms with Gasteiger partial charge in [0.1, 0.15) is 12.1 Å². The van der Waals surface area contributed by atoms with Crippen molar-refractivity contribution in [3.8, 4) is 0 Å². The minimum absolute atomic E-state index is 0.540. The summed E-state index contributed by atoms with van der Waals surface area (Å²) in [6.45, 7) is 0. The van der Waals surface area contributed by atoms with Gasteiger partial charge in [0.15, 0.2) is 0 Å². The van der Waals surface area contributed by atoms with Crippen molar-refractivity contribution >= 4 is 39.3 Å². The van der Waals surface area contributed by atoms with Crippen LogP contribution in [0, 0.1) is 3.57 Å². The van der Waals surface area contributed by atoms with Crippen LogP contribution in [-0.2, 0) is 0 Å². The molecule has 0 aliphatic carbocycles. The minimum Gasteiger partial charge on any atom is -0.383 e. The number of nitrogens with two attached hydrogens (primary N) is 1. The van der Waals surface area contributed by atoms with Crippen molar-refractivity contribution in [3.63, 3.8) is 0 Å². The predicted molar refractivity (Wildman–Crippen MR) is 56.7 cm³/mol. The maximum absolute atomic E-state index is 5.67. The molecule has 12 heavy (non-hydrogen) atoms. The minimum atomic E-state index is 0.540. The van der Waals surface area contributed by atoms with Gasteiger partial charge >= 0.3 is 0 Å². The molecular weight excluding hydrogens is 265 g/mol. The Morgan fingerprint density at radius 3 is 2.92 bits per heavy atom. The Morgan fingerprint density at radius 1 is 1.25 bits per heavy atom. The molecule has 1 aromatic heterocycles. The molecule has 0 saturated heterocycles. The van der Waals surface area contributed by atoms with Gasteiger partial charge < -0.3 is 5.73 Å². The first kappa shape index (κ1) is 7.72. The van der Waals surface area contributed by atoms with Crippen molar-refractivity contribution in [1.82, 2.24) is 9.97 Å². The molecule has 0 bridgehead atoms. The van der Waals surface area contributed by atoms with Crippen LogP contribution in [0.5, 0.6) is 0 Å². The largest absolute Gasteiger partial charge is 0.383 e. The fraction of sp³-hybridized carbons (Fsp3) is 0. The highest BCUT2D eigenvalue weighted by Gasteiger charge is 1.98. The summed E-state index contributed by atoms with van der Waals surface area (Å²) >= 11 is 2.23. The van der Waals surface area contributed by atoms with E-state index in [-0.39, 0.29) is 0 Å². The molecule has 0 spiro atoms. The van der Waals surface area contributed by atoms with Crippen molar-refractivity contribution in [2.24, 2.45) is 0 Å². The summed E-state index contributed by atoms with van der Waals surface area (Å²) in [4.78, 5) is 8.00. The zero-order valence-corrected chi connectivity index (χ0v) is 8.32. The van der Waals surface area contributed by atoms with Crippen molar-refractivity contribution in [3.05, 3.63) is 28.1 Å². The Morgan fingerprint density at radius 2 is 2.08 bits per heavy atom. The number of benzene rings is 1. The normalized spacial score (nSPS) is 10.4. The van der Waals surface area contributed by atoms with Gasteiger partial charge in [-0.1, -0.05) is 0 Å². The highest BCUT2D eigenvalue weighted by Crippen LogP contribution is 2.18. The number of hydrogen-bond donors (Lipinski definition) is 1. The summed E-state index contributed by atoms with van der Waals surface area (Å²) in [5.41, 5.74) is 6.56. The van der Waals surface area contributed by atoms with Gasteiger partial charge in [-0.15, -0.1) is 0 Å². The fourth-order valence-electron chi connectivity index (χ4n) is 1.05. The van der Waals surface area contributed by atoms with Gasteiger partial charge in [-0.2, -0.15) is 0 Å². The molecule has 0 radical (unpaired) electrons. The fourth-order valence-corrected chi connectivity index (χ4v) is 1.54. The number of nitrogen functional groups attached to an aromatic ring is 1. The van der Waals surface area contributed by atoms with Gasteiger partial charge in [-0.3, -0.25) is 0 Å². The quantitative estimate of drug-likeness (QED) is 0.743. The van der Waals surface area contributed by atoms with E-state index >= 15 is 0 Å². The zero-order chi connectivity index (χ0) is 8.55. The molecule has 0 aliphatic heterocycles. The number of nitrogens with zero attached hydrogens (tertiary/aromatic N) is 2. The Labute approximate surface area is 83.2 Å². The van der Waals surface area contributed by atoms with Gasteiger partial charge in [0.2, 0.25) is 0 Å². The smallest absolute Gasteiger partial charge is 0.134 e. The number of aromatic nitrogens is 2. The van der Waals surface area contributed by atoms with Crippen LogP contribution in [0.15, 0.2) is 24.5 Å². The molecule has 0 saturated carbocycles. The van der Waals surface area contributed by atoms with Crippen LogP contribution < -0.4 is 5.73 Å². The van der Waals surface area contributed by atoms with Crippen molar-refractivity contribution in [2.45, 2.75) is 0 Å². The molecule has 0 fully saturated rings. The zero-order valence-electron chi connectivity index (χ0n) is 6.16. The highest BCUT2D eigenvalue weighted by atomic mass is 127.